The number of pyridine rings is 1. The maximum Gasteiger partial charge on any atom is 0.322 e. The lowest BCUT2D eigenvalue weighted by Crippen LogP contribution is -2.40. The lowest BCUT2D eigenvalue weighted by atomic mass is 9.87. The van der Waals surface area contributed by atoms with Gasteiger partial charge in [-0.3, -0.25) is 4.68 Å². The topological polar surface area (TPSA) is 81.5 Å². The molecule has 0 unspecified atom stereocenters. The Labute approximate surface area is 159 Å². The monoisotopic (exact) mass is 373 g/mol. The maximum atomic E-state index is 13.0. The lowest BCUT2D eigenvalue weighted by molar-refractivity contribution is 0.144. The molecule has 2 aromatic heterocycles. The largest absolute Gasteiger partial charge is 0.474 e. The van der Waals surface area contributed by atoms with Gasteiger partial charge >= 0.3 is 6.03 Å². The van der Waals surface area contributed by atoms with Gasteiger partial charge in [0.1, 0.15) is 12.3 Å². The third-order valence-electron chi connectivity index (χ3n) is 4.60. The van der Waals surface area contributed by atoms with E-state index in [0.29, 0.717) is 37.9 Å². The first-order valence-corrected chi connectivity index (χ1v) is 9.02. The molecule has 2 aromatic rings. The van der Waals surface area contributed by atoms with E-state index in [0.717, 1.165) is 12.0 Å². The Morgan fingerprint density at radius 2 is 2.19 bits per heavy atom. The van der Waals surface area contributed by atoms with Crippen LogP contribution in [0.4, 0.5) is 10.5 Å². The van der Waals surface area contributed by atoms with Crippen molar-refractivity contribution >= 4 is 11.7 Å². The van der Waals surface area contributed by atoms with Gasteiger partial charge in [0.2, 0.25) is 5.88 Å². The van der Waals surface area contributed by atoms with Gasteiger partial charge in [-0.25, -0.2) is 9.78 Å². The van der Waals surface area contributed by atoms with Gasteiger partial charge in [-0.2, -0.15) is 5.10 Å². The molecule has 8 nitrogen and oxygen atoms in total. The van der Waals surface area contributed by atoms with Crippen LogP contribution in [0.1, 0.15) is 25.1 Å². The maximum absolute atomic E-state index is 13.0. The number of ether oxygens (including phenoxy) is 2. The van der Waals surface area contributed by atoms with Crippen molar-refractivity contribution in [3.8, 4) is 5.88 Å². The lowest BCUT2D eigenvalue weighted by Gasteiger charge is -2.30. The summed E-state index contributed by atoms with van der Waals surface area (Å²) in [6.45, 7) is 6.32. The Bertz CT molecular complexity index is 802. The van der Waals surface area contributed by atoms with E-state index in [-0.39, 0.29) is 11.4 Å². The van der Waals surface area contributed by atoms with Crippen LogP contribution < -0.4 is 10.1 Å². The van der Waals surface area contributed by atoms with E-state index < -0.39 is 0 Å². The van der Waals surface area contributed by atoms with E-state index in [1.54, 1.807) is 25.4 Å². The number of hydrogen-bond acceptors (Lipinski definition) is 5. The summed E-state index contributed by atoms with van der Waals surface area (Å²) in [5, 5.41) is 7.30. The van der Waals surface area contributed by atoms with E-state index in [2.05, 4.69) is 29.2 Å². The highest BCUT2D eigenvalue weighted by molar-refractivity contribution is 5.90. The number of methoxy groups -OCH3 is 1. The molecule has 1 aliphatic heterocycles. The molecule has 0 aromatic carbocycles. The fourth-order valence-electron chi connectivity index (χ4n) is 3.32. The zero-order valence-electron chi connectivity index (χ0n) is 16.4. The van der Waals surface area contributed by atoms with Crippen LogP contribution in [0.15, 0.2) is 24.5 Å². The second kappa shape index (κ2) is 7.96. The van der Waals surface area contributed by atoms with E-state index in [4.69, 9.17) is 9.47 Å². The highest BCUT2D eigenvalue weighted by Gasteiger charge is 2.32. The number of hydrogen-bond donors (Lipinski definition) is 1. The minimum Gasteiger partial charge on any atom is -0.474 e. The van der Waals surface area contributed by atoms with Crippen LogP contribution in [0.25, 0.3) is 0 Å². The number of nitrogens with one attached hydrogen (secondary N) is 1. The van der Waals surface area contributed by atoms with Gasteiger partial charge in [-0.05, 0) is 24.0 Å². The molecule has 0 saturated heterocycles. The van der Waals surface area contributed by atoms with Crippen LogP contribution in [0, 0.1) is 5.41 Å². The fraction of sp³-hybridized carbons (Fsp3) is 0.526. The molecular weight excluding hydrogens is 346 g/mol. The van der Waals surface area contributed by atoms with Gasteiger partial charge in [0.05, 0.1) is 19.3 Å². The van der Waals surface area contributed by atoms with Crippen molar-refractivity contribution in [1.29, 1.82) is 0 Å². The Hall–Kier alpha value is -2.61. The predicted molar refractivity (Wildman–Crippen MR) is 102 cm³/mol. The number of carbonyl (C=O) groups is 1. The molecule has 0 radical (unpaired) electrons. The quantitative estimate of drug-likeness (QED) is 0.814. The average molecular weight is 373 g/mol. The van der Waals surface area contributed by atoms with E-state index in [1.807, 2.05) is 22.8 Å². The molecule has 0 bridgehead atoms. The van der Waals surface area contributed by atoms with Gasteiger partial charge in [-0.15, -0.1) is 0 Å². The van der Waals surface area contributed by atoms with Crippen molar-refractivity contribution in [3.05, 3.63) is 35.8 Å². The molecule has 0 spiro atoms. The summed E-state index contributed by atoms with van der Waals surface area (Å²) in [4.78, 5) is 19.0. The molecule has 8 heteroatoms. The first kappa shape index (κ1) is 19.2. The number of aryl methyl sites for hydroxylation is 1. The summed E-state index contributed by atoms with van der Waals surface area (Å²) in [7, 11) is 3.56. The van der Waals surface area contributed by atoms with Crippen LogP contribution >= 0.6 is 0 Å². The smallest absolute Gasteiger partial charge is 0.322 e. The van der Waals surface area contributed by atoms with Crippen LogP contribution in [0.2, 0.25) is 0 Å². The zero-order valence-corrected chi connectivity index (χ0v) is 16.4. The summed E-state index contributed by atoms with van der Waals surface area (Å²) < 4.78 is 12.5. The SMILES string of the molecule is COCCOc1ncccc1NC(=O)N1Cc2cnn(C)c2CC(C)(C)C1. The first-order chi connectivity index (χ1) is 12.9. The Balaban J connectivity index is 1.76. The third-order valence-corrected chi connectivity index (χ3v) is 4.60. The van der Waals surface area contributed by atoms with Gasteiger partial charge in [0, 0.05) is 38.2 Å². The van der Waals surface area contributed by atoms with Crippen molar-refractivity contribution in [2.45, 2.75) is 26.8 Å². The van der Waals surface area contributed by atoms with E-state index >= 15 is 0 Å². The third kappa shape index (κ3) is 4.57. The summed E-state index contributed by atoms with van der Waals surface area (Å²) in [5.41, 5.74) is 2.76. The normalized spacial score (nSPS) is 15.8. The summed E-state index contributed by atoms with van der Waals surface area (Å²) >= 11 is 0. The highest BCUT2D eigenvalue weighted by atomic mass is 16.5. The van der Waals surface area contributed by atoms with Crippen LogP contribution in [0.3, 0.4) is 0 Å². The number of nitrogens with zero attached hydrogens (tertiary/aromatic N) is 4. The second-order valence-electron chi connectivity index (χ2n) is 7.56. The molecule has 0 fully saturated rings. The molecule has 0 aliphatic carbocycles. The van der Waals surface area contributed by atoms with Gasteiger partial charge in [-0.1, -0.05) is 13.8 Å². The Kier molecular flexibility index (Phi) is 5.65. The number of fused-ring (bicyclic) bond motifs is 1. The number of urea groups is 1. The van der Waals surface area contributed by atoms with E-state index in [9.17, 15) is 4.79 Å². The molecule has 3 rings (SSSR count). The highest BCUT2D eigenvalue weighted by Crippen LogP contribution is 2.30. The molecular formula is C19H27N5O3. The first-order valence-electron chi connectivity index (χ1n) is 9.02. The summed E-state index contributed by atoms with van der Waals surface area (Å²) in [5.74, 6) is 0.388. The van der Waals surface area contributed by atoms with Crippen molar-refractivity contribution in [2.75, 3.05) is 32.2 Å². The summed E-state index contributed by atoms with van der Waals surface area (Å²) in [6, 6.07) is 3.37. The molecule has 0 atom stereocenters. The number of amides is 2. The molecule has 146 valence electrons. The van der Waals surface area contributed by atoms with Gasteiger partial charge in [0.25, 0.3) is 0 Å². The molecule has 3 heterocycles. The summed E-state index contributed by atoms with van der Waals surface area (Å²) in [6.07, 6.45) is 4.36. The van der Waals surface area contributed by atoms with Gasteiger partial charge < -0.3 is 19.7 Å². The zero-order chi connectivity index (χ0) is 19.4. The number of anilines is 1. The van der Waals surface area contributed by atoms with Gasteiger partial charge in [0.15, 0.2) is 0 Å². The minimum atomic E-state index is -0.177. The molecule has 0 saturated carbocycles. The van der Waals surface area contributed by atoms with Crippen LogP contribution in [-0.4, -0.2) is 52.6 Å². The number of carbonyl (C=O) groups excluding carboxylic acids is 1. The minimum absolute atomic E-state index is 0.0525. The molecule has 1 aliphatic rings. The average Bonchev–Trinajstić information content (AvgIpc) is 2.87. The molecule has 1 N–H and O–H groups in total. The number of rotatable bonds is 5. The Morgan fingerprint density at radius 3 is 2.96 bits per heavy atom. The van der Waals surface area contributed by atoms with E-state index in [1.165, 1.54) is 5.69 Å². The Morgan fingerprint density at radius 1 is 1.37 bits per heavy atom. The standard InChI is InChI=1S/C19H27N5O3/c1-19(2)10-16-14(11-21-23(16)3)12-24(13-19)18(25)22-15-6-5-7-20-17(15)27-9-8-26-4/h5-7,11H,8-10,12-13H2,1-4H3,(H,22,25). The van der Waals surface area contributed by atoms with Crippen LogP contribution in [-0.2, 0) is 24.8 Å². The van der Waals surface area contributed by atoms with Crippen molar-refractivity contribution in [2.24, 2.45) is 12.5 Å². The number of aromatic nitrogens is 3. The fourth-order valence-corrected chi connectivity index (χ4v) is 3.32. The van der Waals surface area contributed by atoms with Crippen molar-refractivity contribution in [3.63, 3.8) is 0 Å². The predicted octanol–water partition coefficient (Wildman–Crippen LogP) is 2.46. The molecule has 27 heavy (non-hydrogen) atoms. The van der Waals surface area contributed by atoms with Crippen LogP contribution in [0.5, 0.6) is 5.88 Å². The second-order valence-corrected chi connectivity index (χ2v) is 7.56. The van der Waals surface area contributed by atoms with Crippen molar-refractivity contribution < 1.29 is 14.3 Å². The molecule has 2 amide bonds. The van der Waals surface area contributed by atoms with Crippen molar-refractivity contribution in [1.82, 2.24) is 19.7 Å².